The highest BCUT2D eigenvalue weighted by atomic mass is 19.1. The van der Waals surface area contributed by atoms with E-state index in [2.05, 4.69) is 4.90 Å². The average Bonchev–Trinajstić information content (AvgIpc) is 2.34. The van der Waals surface area contributed by atoms with E-state index in [-0.39, 0.29) is 11.7 Å². The van der Waals surface area contributed by atoms with Crippen LogP contribution in [0.3, 0.4) is 0 Å². The quantitative estimate of drug-likeness (QED) is 0.595. The summed E-state index contributed by atoms with van der Waals surface area (Å²) in [4.78, 5) is 12.7. The fourth-order valence-electron chi connectivity index (χ4n) is 1.54. The molecule has 0 N–H and O–H groups in total. The van der Waals surface area contributed by atoms with Crippen molar-refractivity contribution >= 4 is 5.78 Å². The topological polar surface area (TPSA) is 20.3 Å². The van der Waals surface area contributed by atoms with Crippen molar-refractivity contribution in [3.63, 3.8) is 0 Å². The highest BCUT2D eigenvalue weighted by Gasteiger charge is 2.30. The zero-order valence-electron chi connectivity index (χ0n) is 7.01. The lowest BCUT2D eigenvalue weighted by Gasteiger charge is -2.12. The van der Waals surface area contributed by atoms with Crippen LogP contribution in [0.1, 0.15) is 13.3 Å². The fraction of sp³-hybridized carbons (Fsp3) is 0.875. The van der Waals surface area contributed by atoms with Crippen molar-refractivity contribution in [1.82, 2.24) is 4.90 Å². The molecule has 0 aromatic carbocycles. The molecule has 0 spiro atoms. The zero-order chi connectivity index (χ0) is 8.43. The Morgan fingerprint density at radius 2 is 2.36 bits per heavy atom. The van der Waals surface area contributed by atoms with Crippen LogP contribution in [0.2, 0.25) is 0 Å². The van der Waals surface area contributed by atoms with Gasteiger partial charge in [-0.25, -0.2) is 4.39 Å². The maximum absolute atomic E-state index is 13.0. The minimum atomic E-state index is -1.24. The number of carbonyl (C=O) groups excluding carboxylic acids is 1. The third-order valence-corrected chi connectivity index (χ3v) is 2.23. The number of hydrogen-bond acceptors (Lipinski definition) is 2. The number of nitrogens with zero attached hydrogens (tertiary/aromatic N) is 1. The van der Waals surface area contributed by atoms with E-state index in [9.17, 15) is 9.18 Å². The molecule has 3 heteroatoms. The number of ketones is 1. The van der Waals surface area contributed by atoms with Gasteiger partial charge in [-0.15, -0.1) is 0 Å². The average molecular weight is 159 g/mol. The summed E-state index contributed by atoms with van der Waals surface area (Å²) < 4.78 is 13.0. The van der Waals surface area contributed by atoms with Gasteiger partial charge < -0.3 is 4.90 Å². The van der Waals surface area contributed by atoms with E-state index in [0.717, 1.165) is 19.5 Å². The molecule has 0 bridgehead atoms. The Kier molecular flexibility index (Phi) is 2.60. The maximum atomic E-state index is 13.0. The van der Waals surface area contributed by atoms with Crippen LogP contribution in [0.15, 0.2) is 0 Å². The predicted molar refractivity (Wildman–Crippen MR) is 41.2 cm³/mol. The number of likely N-dealkylation sites (tertiary alicyclic amines) is 1. The molecule has 1 aliphatic rings. The van der Waals surface area contributed by atoms with Crippen LogP contribution in [0.25, 0.3) is 0 Å². The summed E-state index contributed by atoms with van der Waals surface area (Å²) in [5, 5.41) is 0. The number of rotatable bonds is 2. The van der Waals surface area contributed by atoms with Crippen molar-refractivity contribution in [2.24, 2.45) is 5.92 Å². The molecule has 0 aromatic rings. The first-order valence-corrected chi connectivity index (χ1v) is 3.94. The molecule has 1 saturated heterocycles. The zero-order valence-corrected chi connectivity index (χ0v) is 7.01. The van der Waals surface area contributed by atoms with Crippen LogP contribution in [0.5, 0.6) is 0 Å². The lowest BCUT2D eigenvalue weighted by molar-refractivity contribution is -0.123. The van der Waals surface area contributed by atoms with Crippen LogP contribution >= 0.6 is 0 Å². The van der Waals surface area contributed by atoms with E-state index < -0.39 is 6.17 Å². The van der Waals surface area contributed by atoms with Crippen LogP contribution in [0, 0.1) is 5.92 Å². The minimum absolute atomic E-state index is 0.0579. The Balaban J connectivity index is 2.43. The Bertz CT molecular complexity index is 160. The van der Waals surface area contributed by atoms with E-state index in [1.54, 1.807) is 0 Å². The summed E-state index contributed by atoms with van der Waals surface area (Å²) in [5.41, 5.74) is 0. The largest absolute Gasteiger partial charge is 0.306 e. The molecule has 2 nitrogen and oxygen atoms in total. The van der Waals surface area contributed by atoms with Gasteiger partial charge in [0.2, 0.25) is 0 Å². The molecule has 0 radical (unpaired) electrons. The molecule has 0 saturated carbocycles. The summed E-state index contributed by atoms with van der Waals surface area (Å²) in [7, 11) is 1.95. The second-order valence-corrected chi connectivity index (χ2v) is 3.32. The van der Waals surface area contributed by atoms with Gasteiger partial charge in [-0.1, -0.05) is 0 Å². The van der Waals surface area contributed by atoms with E-state index in [4.69, 9.17) is 0 Å². The highest BCUT2D eigenvalue weighted by Crippen LogP contribution is 2.20. The number of carbonyl (C=O) groups is 1. The van der Waals surface area contributed by atoms with Crippen molar-refractivity contribution in [2.45, 2.75) is 19.5 Å². The van der Waals surface area contributed by atoms with E-state index in [1.165, 1.54) is 6.92 Å². The molecule has 0 aromatic heterocycles. The Labute approximate surface area is 66.4 Å². The molecule has 0 amide bonds. The lowest BCUT2D eigenvalue weighted by Crippen LogP contribution is -2.25. The molecule has 0 aliphatic carbocycles. The third-order valence-electron chi connectivity index (χ3n) is 2.23. The van der Waals surface area contributed by atoms with E-state index >= 15 is 0 Å². The number of Topliss-reactive ketones (excluding diaryl/α,β-unsaturated/α-hetero) is 1. The van der Waals surface area contributed by atoms with Crippen LogP contribution in [0.4, 0.5) is 4.39 Å². The Morgan fingerprint density at radius 1 is 1.73 bits per heavy atom. The summed E-state index contributed by atoms with van der Waals surface area (Å²) in [6.45, 7) is 2.96. The summed E-state index contributed by atoms with van der Waals surface area (Å²) in [6.07, 6.45) is -0.419. The predicted octanol–water partition coefficient (Wildman–Crippen LogP) is 0.865. The monoisotopic (exact) mass is 159 g/mol. The van der Waals surface area contributed by atoms with Crippen molar-refractivity contribution in [1.29, 1.82) is 0 Å². The van der Waals surface area contributed by atoms with Crippen molar-refractivity contribution in [3.05, 3.63) is 0 Å². The van der Waals surface area contributed by atoms with Gasteiger partial charge in [-0.3, -0.25) is 4.79 Å². The molecule has 2 unspecified atom stereocenters. The smallest absolute Gasteiger partial charge is 0.164 e. The van der Waals surface area contributed by atoms with Crippen LogP contribution < -0.4 is 0 Å². The van der Waals surface area contributed by atoms with Crippen molar-refractivity contribution in [3.8, 4) is 0 Å². The molecule has 1 heterocycles. The van der Waals surface area contributed by atoms with Gasteiger partial charge in [-0.2, -0.15) is 0 Å². The van der Waals surface area contributed by atoms with Crippen LogP contribution in [-0.2, 0) is 4.79 Å². The van der Waals surface area contributed by atoms with E-state index in [1.807, 2.05) is 7.05 Å². The lowest BCUT2D eigenvalue weighted by atomic mass is 10.0. The van der Waals surface area contributed by atoms with Gasteiger partial charge in [0, 0.05) is 12.5 Å². The van der Waals surface area contributed by atoms with Crippen molar-refractivity contribution in [2.75, 3.05) is 20.1 Å². The third kappa shape index (κ3) is 1.99. The molecule has 1 rings (SSSR count). The number of halogens is 1. The maximum Gasteiger partial charge on any atom is 0.164 e. The molecule has 64 valence electrons. The Morgan fingerprint density at radius 3 is 2.73 bits per heavy atom. The molecule has 2 atom stereocenters. The van der Waals surface area contributed by atoms with Gasteiger partial charge in [0.05, 0.1) is 0 Å². The molecular weight excluding hydrogens is 145 g/mol. The molecule has 1 fully saturated rings. The second-order valence-electron chi connectivity index (χ2n) is 3.32. The first-order valence-electron chi connectivity index (χ1n) is 3.94. The van der Waals surface area contributed by atoms with E-state index in [0.29, 0.717) is 0 Å². The van der Waals surface area contributed by atoms with Crippen molar-refractivity contribution < 1.29 is 9.18 Å². The standard InChI is InChI=1S/C8H14FNO/c1-6(11)8(9)7-3-4-10(2)5-7/h7-8H,3-5H2,1-2H3. The summed E-state index contributed by atoms with van der Waals surface area (Å²) in [5.74, 6) is -0.386. The van der Waals surface area contributed by atoms with Gasteiger partial charge in [0.25, 0.3) is 0 Å². The Hall–Kier alpha value is -0.440. The number of alkyl halides is 1. The first kappa shape index (κ1) is 8.65. The fourth-order valence-corrected chi connectivity index (χ4v) is 1.54. The van der Waals surface area contributed by atoms with Gasteiger partial charge in [0.15, 0.2) is 12.0 Å². The molecule has 1 aliphatic heterocycles. The van der Waals surface area contributed by atoms with Gasteiger partial charge in [0.1, 0.15) is 0 Å². The van der Waals surface area contributed by atoms with Crippen LogP contribution in [-0.4, -0.2) is 37.0 Å². The summed E-state index contributed by atoms with van der Waals surface area (Å²) in [6, 6.07) is 0. The first-order chi connectivity index (χ1) is 5.11. The van der Waals surface area contributed by atoms with Gasteiger partial charge >= 0.3 is 0 Å². The number of hydrogen-bond donors (Lipinski definition) is 0. The normalized spacial score (nSPS) is 28.8. The highest BCUT2D eigenvalue weighted by molar-refractivity contribution is 5.80. The summed E-state index contributed by atoms with van der Waals surface area (Å²) >= 11 is 0. The molecular formula is C8H14FNO. The second kappa shape index (κ2) is 3.30. The SMILES string of the molecule is CC(=O)C(F)C1CCN(C)C1. The minimum Gasteiger partial charge on any atom is -0.306 e. The molecule has 11 heavy (non-hydrogen) atoms. The van der Waals surface area contributed by atoms with Gasteiger partial charge in [-0.05, 0) is 26.9 Å².